The first-order valence-corrected chi connectivity index (χ1v) is 38.7. The second-order valence-corrected chi connectivity index (χ2v) is 28.9. The van der Waals surface area contributed by atoms with E-state index < -0.39 is 262 Å². The van der Waals surface area contributed by atoms with Gasteiger partial charge in [-0.25, -0.2) is 4.79 Å². The number of aliphatic hydroxyl groups is 2. The first-order valence-electron chi connectivity index (χ1n) is 38.7. The summed E-state index contributed by atoms with van der Waals surface area (Å²) in [5.41, 5.74) is 13.3. The smallest absolute Gasteiger partial charge is 0.329 e. The van der Waals surface area contributed by atoms with E-state index in [0.29, 0.717) is 46.1 Å². The number of amides is 14. The number of primary amides is 1. The fourth-order valence-corrected chi connectivity index (χ4v) is 12.7. The van der Waals surface area contributed by atoms with E-state index in [-0.39, 0.29) is 31.4 Å². The number of hydrogen-bond donors (Lipinski definition) is 23. The van der Waals surface area contributed by atoms with Gasteiger partial charge in [-0.15, -0.1) is 0 Å². The van der Waals surface area contributed by atoms with Gasteiger partial charge in [0.25, 0.3) is 0 Å². The van der Waals surface area contributed by atoms with Gasteiger partial charge >= 0.3 is 29.8 Å². The molecule has 0 bridgehead atoms. The van der Waals surface area contributed by atoms with E-state index in [1.807, 2.05) is 21.3 Å². The van der Waals surface area contributed by atoms with Crippen molar-refractivity contribution >= 4 is 134 Å². The Kier molecular flexibility index (Phi) is 39.7. The molecule has 1 aliphatic heterocycles. The number of nitrogens with one attached hydrogen (secondary N) is 15. The Bertz CT molecular complexity index is 4280. The van der Waals surface area contributed by atoms with E-state index in [2.05, 4.69) is 71.7 Å². The number of carboxylic acids is 4. The van der Waals surface area contributed by atoms with Crippen molar-refractivity contribution in [1.29, 1.82) is 0 Å². The van der Waals surface area contributed by atoms with Crippen LogP contribution < -0.4 is 80.6 Å². The Morgan fingerprint density at radius 3 is 1.55 bits per heavy atom. The van der Waals surface area contributed by atoms with Crippen molar-refractivity contribution in [3.63, 3.8) is 0 Å². The standard InChI is InChI=1S/C76H107N17O26/c1-5-38(2)17-10-8-6-7-9-11-23-57(97)84-48(26-41-32-79-45-20-14-12-18-43(41)45)68(110)86-49(28-56(78)96)69(111)89-52(31-63(106)107)71(113)93-65-40(4)119-76(118)53(27-42-33-80-46-21-15-13-19-44(42)46)90-75(117)64(39(3)25-60(100)101)92-73(115)54(36-94)85-59(99)34-81-66(108)50(29-61(102)103)87-72(114)55(37-95)91-70(112)51(30-62(104)105)88-67(109)47(22-16-24-77)83-58(98)35-82-74(65)116/h12-15,18-21,32-33,38-40,47-55,64-65,79-80,94-95H,5-11,16-17,22-31,34-37,77H2,1-4H3,(H2,78,96)(H,81,108)(H,82,116)(H,83,98)(H,84,97)(H,85,99)(H,86,110)(H,87,114)(H,88,109)(H,89,111)(H,90,117)(H,91,112)(H,92,115)(H,93,113)(H,100,101)(H,102,103)(H,104,105)(H,106,107). The average Bonchev–Trinajstić information content (AvgIpc) is 1.67. The van der Waals surface area contributed by atoms with Gasteiger partial charge in [0, 0.05) is 53.5 Å². The Labute approximate surface area is 681 Å². The number of fused-ring (bicyclic) bond motifs is 2. The van der Waals surface area contributed by atoms with Crippen LogP contribution in [0.5, 0.6) is 0 Å². The predicted octanol–water partition coefficient (Wildman–Crippen LogP) is -4.75. The fourth-order valence-electron chi connectivity index (χ4n) is 12.7. The molecule has 1 aliphatic rings. The Morgan fingerprint density at radius 2 is 0.992 bits per heavy atom. The molecule has 1 fully saturated rings. The second kappa shape index (κ2) is 48.8. The minimum Gasteiger partial charge on any atom is -0.481 e. The molecule has 652 valence electrons. The fraction of sp³-hybridized carbons (Fsp3) is 0.539. The lowest BCUT2D eigenvalue weighted by Gasteiger charge is -2.30. The first kappa shape index (κ1) is 96.9. The molecule has 2 aromatic heterocycles. The van der Waals surface area contributed by atoms with Crippen molar-refractivity contribution < 1.29 is 126 Å². The highest BCUT2D eigenvalue weighted by atomic mass is 16.5. The predicted molar refractivity (Wildman–Crippen MR) is 418 cm³/mol. The molecule has 14 amide bonds. The van der Waals surface area contributed by atoms with Gasteiger partial charge in [0.05, 0.1) is 58.4 Å². The number of nitrogens with two attached hydrogens (primary N) is 2. The molecule has 0 aliphatic carbocycles. The zero-order valence-electron chi connectivity index (χ0n) is 66.1. The van der Waals surface area contributed by atoms with E-state index in [9.17, 15) is 117 Å². The topological polar surface area (TPSA) is 695 Å². The van der Waals surface area contributed by atoms with Gasteiger partial charge < -0.3 is 126 Å². The number of carbonyl (C=O) groups is 19. The number of H-pyrrole nitrogens is 2. The lowest BCUT2D eigenvalue weighted by atomic mass is 9.96. The molecule has 0 radical (unpaired) electrons. The van der Waals surface area contributed by atoms with Gasteiger partial charge in [0.15, 0.2) is 0 Å². The number of ether oxygens (including phenoxy) is 1. The summed E-state index contributed by atoms with van der Waals surface area (Å²) in [7, 11) is 0. The molecule has 25 N–H and O–H groups in total. The number of aliphatic hydroxyl groups excluding tert-OH is 2. The van der Waals surface area contributed by atoms with Gasteiger partial charge in [0.2, 0.25) is 82.7 Å². The molecule has 0 saturated carbocycles. The number of aliphatic carboxylic acids is 4. The third-order valence-corrected chi connectivity index (χ3v) is 19.4. The van der Waals surface area contributed by atoms with Crippen LogP contribution in [0.25, 0.3) is 21.8 Å². The Hall–Kier alpha value is -12.7. The van der Waals surface area contributed by atoms with Crippen LogP contribution in [0, 0.1) is 11.8 Å². The summed E-state index contributed by atoms with van der Waals surface area (Å²) in [6.45, 7) is 1.22. The summed E-state index contributed by atoms with van der Waals surface area (Å²) >= 11 is 0. The maximum absolute atomic E-state index is 15.0. The SMILES string of the molecule is CCC(C)CCCCCCCCC(=O)NC(Cc1c[nH]c2ccccc12)C(=O)NC(CC(N)=O)C(=O)NC(CC(=O)O)C(=O)NC1C(=O)NCC(=O)NC(CCCN)C(=O)NC(CC(=O)O)C(=O)NC(CO)C(=O)NC(CC(=O)O)C(=O)NCC(=O)NC(CO)C(=O)NC(C(C)CC(=O)O)C(=O)NC(Cc2c[nH]c3ccccc23)C(=O)OC1C. The van der Waals surface area contributed by atoms with E-state index in [1.165, 1.54) is 6.20 Å². The number of carbonyl (C=O) groups excluding carboxylic acids is 15. The maximum Gasteiger partial charge on any atom is 0.329 e. The molecule has 1 saturated heterocycles. The monoisotopic (exact) mass is 1670 g/mol. The van der Waals surface area contributed by atoms with Crippen molar-refractivity contribution in [3.8, 4) is 0 Å². The molecule has 5 rings (SSSR count). The summed E-state index contributed by atoms with van der Waals surface area (Å²) in [6.07, 6.45) is 1.00. The highest BCUT2D eigenvalue weighted by molar-refractivity contribution is 6.02. The minimum absolute atomic E-state index is 0.00954. The molecule has 43 nitrogen and oxygen atoms in total. The Morgan fingerprint density at radius 1 is 0.513 bits per heavy atom. The van der Waals surface area contributed by atoms with Crippen molar-refractivity contribution in [2.24, 2.45) is 23.3 Å². The van der Waals surface area contributed by atoms with Crippen LogP contribution in [0.4, 0.5) is 0 Å². The number of hydrogen-bond acceptors (Lipinski definition) is 23. The van der Waals surface area contributed by atoms with Gasteiger partial charge in [-0.2, -0.15) is 0 Å². The zero-order valence-corrected chi connectivity index (χ0v) is 66.1. The number of benzene rings is 2. The normalized spacial score (nSPS) is 21.3. The van der Waals surface area contributed by atoms with Crippen LogP contribution in [0.1, 0.15) is 142 Å². The van der Waals surface area contributed by atoms with Crippen molar-refractivity contribution in [2.45, 2.75) is 216 Å². The van der Waals surface area contributed by atoms with E-state index in [1.54, 1.807) is 54.7 Å². The third-order valence-electron chi connectivity index (χ3n) is 19.4. The average molecular weight is 1670 g/mol. The van der Waals surface area contributed by atoms with E-state index >= 15 is 4.79 Å². The zero-order chi connectivity index (χ0) is 88.2. The number of aromatic nitrogens is 2. The summed E-state index contributed by atoms with van der Waals surface area (Å²) in [6, 6.07) is -9.23. The van der Waals surface area contributed by atoms with Crippen LogP contribution in [0.3, 0.4) is 0 Å². The van der Waals surface area contributed by atoms with Crippen LogP contribution in [0.2, 0.25) is 0 Å². The molecule has 14 atom stereocenters. The summed E-state index contributed by atoms with van der Waals surface area (Å²) in [5, 5.41) is 89.9. The third kappa shape index (κ3) is 32.4. The number of cyclic esters (lactones) is 1. The van der Waals surface area contributed by atoms with Crippen molar-refractivity contribution in [2.75, 3.05) is 32.8 Å². The van der Waals surface area contributed by atoms with Gasteiger partial charge in [0.1, 0.15) is 72.6 Å². The largest absolute Gasteiger partial charge is 0.481 e. The van der Waals surface area contributed by atoms with Crippen LogP contribution in [0.15, 0.2) is 60.9 Å². The number of carboxylic acid groups (broad SMARTS) is 4. The number of para-hydroxylation sites is 2. The number of rotatable bonds is 37. The maximum atomic E-state index is 15.0. The van der Waals surface area contributed by atoms with E-state index in [4.69, 9.17) is 16.2 Å². The molecule has 2 aromatic carbocycles. The summed E-state index contributed by atoms with van der Waals surface area (Å²) < 4.78 is 5.85. The lowest BCUT2D eigenvalue weighted by Crippen LogP contribution is -2.62. The quantitative estimate of drug-likeness (QED) is 0.0149. The number of unbranched alkanes of at least 4 members (excludes halogenated alkanes) is 5. The minimum atomic E-state index is -2.38. The molecule has 14 unspecified atom stereocenters. The van der Waals surface area contributed by atoms with Gasteiger partial charge in [-0.3, -0.25) is 86.3 Å². The van der Waals surface area contributed by atoms with Crippen molar-refractivity contribution in [1.82, 2.24) is 79.1 Å². The summed E-state index contributed by atoms with van der Waals surface area (Å²) in [4.78, 5) is 267. The molecule has 0 spiro atoms. The molecule has 119 heavy (non-hydrogen) atoms. The van der Waals surface area contributed by atoms with E-state index in [0.717, 1.165) is 52.4 Å². The highest BCUT2D eigenvalue weighted by Crippen LogP contribution is 2.23. The molecule has 3 heterocycles. The second-order valence-electron chi connectivity index (χ2n) is 28.9. The van der Waals surface area contributed by atoms with Crippen LogP contribution in [-0.4, -0.2) is 259 Å². The summed E-state index contributed by atoms with van der Waals surface area (Å²) in [5.74, 6) is -27.8. The Balaban J connectivity index is 1.59. The van der Waals surface area contributed by atoms with Crippen LogP contribution in [-0.2, 0) is 109 Å². The molecular weight excluding hydrogens is 1570 g/mol. The lowest BCUT2D eigenvalue weighted by molar-refractivity contribution is -0.156. The van der Waals surface area contributed by atoms with Crippen molar-refractivity contribution in [3.05, 3.63) is 72.1 Å². The number of aromatic amines is 2. The van der Waals surface area contributed by atoms with Crippen LogP contribution >= 0.6 is 0 Å². The highest BCUT2D eigenvalue weighted by Gasteiger charge is 2.41. The molecule has 4 aromatic rings. The molecular formula is C76H107N17O26. The first-order chi connectivity index (χ1) is 56.4. The van der Waals surface area contributed by atoms with Gasteiger partial charge in [-0.05, 0) is 67.8 Å². The molecule has 43 heteroatoms. The number of esters is 1. The van der Waals surface area contributed by atoms with Gasteiger partial charge in [-0.1, -0.05) is 102 Å².